The highest BCUT2D eigenvalue weighted by Crippen LogP contribution is 2.34. The van der Waals surface area contributed by atoms with E-state index in [-0.39, 0.29) is 0 Å². The van der Waals surface area contributed by atoms with Gasteiger partial charge in [-0.25, -0.2) is 4.99 Å². The van der Waals surface area contributed by atoms with Crippen LogP contribution in [0, 0.1) is 0 Å². The summed E-state index contributed by atoms with van der Waals surface area (Å²) in [6, 6.07) is 48.5. The number of nitrogens with zero attached hydrogens (tertiary/aromatic N) is 2. The van der Waals surface area contributed by atoms with Gasteiger partial charge in [0.2, 0.25) is 0 Å². The number of fused-ring (bicyclic) bond motifs is 1. The second-order valence-corrected chi connectivity index (χ2v) is 10.2. The van der Waals surface area contributed by atoms with Crippen LogP contribution in [0.4, 0.5) is 5.69 Å². The molecule has 0 saturated heterocycles. The van der Waals surface area contributed by atoms with Crippen molar-refractivity contribution in [2.45, 2.75) is 13.2 Å². The molecule has 5 nitrogen and oxygen atoms in total. The van der Waals surface area contributed by atoms with E-state index >= 15 is 0 Å². The topological polar surface area (TPSA) is 86.0 Å². The quantitative estimate of drug-likeness (QED) is 0.112. The first-order chi connectivity index (χ1) is 21.2. The SMILES string of the molecule is NC(=NC(=NCc1ccccc1)c1ccc2ccccc2c1-c1ccc(COc2ccccc2N)cc1)c1ccccc1. The largest absolute Gasteiger partial charge is 0.487 e. The molecule has 210 valence electrons. The zero-order chi connectivity index (χ0) is 29.4. The Balaban J connectivity index is 1.43. The zero-order valence-corrected chi connectivity index (χ0v) is 23.7. The van der Waals surface area contributed by atoms with Crippen LogP contribution in [-0.2, 0) is 13.2 Å². The fourth-order valence-corrected chi connectivity index (χ4v) is 5.03. The maximum Gasteiger partial charge on any atom is 0.157 e. The van der Waals surface area contributed by atoms with Crippen molar-refractivity contribution < 1.29 is 4.74 Å². The second-order valence-electron chi connectivity index (χ2n) is 10.2. The summed E-state index contributed by atoms with van der Waals surface area (Å²) in [7, 11) is 0. The summed E-state index contributed by atoms with van der Waals surface area (Å²) < 4.78 is 5.98. The van der Waals surface area contributed by atoms with Crippen molar-refractivity contribution >= 4 is 28.1 Å². The summed E-state index contributed by atoms with van der Waals surface area (Å²) in [6.45, 7) is 0.894. The molecule has 0 radical (unpaired) electrons. The van der Waals surface area contributed by atoms with Crippen LogP contribution >= 0.6 is 0 Å². The van der Waals surface area contributed by atoms with E-state index in [1.54, 1.807) is 0 Å². The third-order valence-corrected chi connectivity index (χ3v) is 7.28. The van der Waals surface area contributed by atoms with E-state index in [1.807, 2.05) is 72.8 Å². The van der Waals surface area contributed by atoms with Crippen LogP contribution in [0.2, 0.25) is 0 Å². The molecule has 6 aromatic rings. The summed E-state index contributed by atoms with van der Waals surface area (Å²) in [5, 5.41) is 2.25. The molecule has 5 heteroatoms. The number of hydrogen-bond donors (Lipinski definition) is 2. The molecule has 0 saturated carbocycles. The number of nitrogen functional groups attached to an aromatic ring is 1. The highest BCUT2D eigenvalue weighted by Gasteiger charge is 2.16. The third kappa shape index (κ3) is 6.47. The van der Waals surface area contributed by atoms with Crippen LogP contribution in [0.1, 0.15) is 22.3 Å². The molecule has 0 bridgehead atoms. The average Bonchev–Trinajstić information content (AvgIpc) is 3.07. The van der Waals surface area contributed by atoms with Crippen LogP contribution in [0.15, 0.2) is 156 Å². The van der Waals surface area contributed by atoms with Crippen molar-refractivity contribution in [2.75, 3.05) is 5.73 Å². The van der Waals surface area contributed by atoms with Gasteiger partial charge in [0.05, 0.1) is 12.2 Å². The summed E-state index contributed by atoms with van der Waals surface area (Å²) >= 11 is 0. The van der Waals surface area contributed by atoms with Crippen molar-refractivity contribution in [1.29, 1.82) is 0 Å². The lowest BCUT2D eigenvalue weighted by Gasteiger charge is -2.15. The number of para-hydroxylation sites is 2. The van der Waals surface area contributed by atoms with E-state index in [0.717, 1.165) is 44.2 Å². The van der Waals surface area contributed by atoms with Gasteiger partial charge in [-0.3, -0.25) is 4.99 Å². The maximum absolute atomic E-state index is 6.56. The number of aliphatic imine (C=N–C) groups is 2. The second kappa shape index (κ2) is 12.9. The molecule has 0 aliphatic rings. The zero-order valence-electron chi connectivity index (χ0n) is 23.7. The lowest BCUT2D eigenvalue weighted by atomic mass is 9.92. The lowest BCUT2D eigenvalue weighted by molar-refractivity contribution is 0.308. The molecular weight excluding hydrogens is 528 g/mol. The predicted octanol–water partition coefficient (Wildman–Crippen LogP) is 8.02. The van der Waals surface area contributed by atoms with Crippen LogP contribution < -0.4 is 16.2 Å². The van der Waals surface area contributed by atoms with Gasteiger partial charge in [-0.1, -0.05) is 127 Å². The molecule has 4 N–H and O–H groups in total. The standard InChI is InChI=1S/C38H32N4O/c39-34-17-9-10-18-35(34)43-26-28-19-21-30(22-20-28)36-32-16-8-7-13-29(32)23-24-33(36)38(41-25-27-11-3-1-4-12-27)42-37(40)31-14-5-2-6-15-31/h1-24H,25-26,39H2,(H2,40,41,42). The van der Waals surface area contributed by atoms with Gasteiger partial charge < -0.3 is 16.2 Å². The summed E-state index contributed by atoms with van der Waals surface area (Å²) in [4.78, 5) is 9.96. The van der Waals surface area contributed by atoms with E-state index in [9.17, 15) is 0 Å². The molecule has 0 unspecified atom stereocenters. The van der Waals surface area contributed by atoms with Gasteiger partial charge in [0.15, 0.2) is 5.84 Å². The number of rotatable bonds is 8. The van der Waals surface area contributed by atoms with Gasteiger partial charge in [0.25, 0.3) is 0 Å². The molecule has 43 heavy (non-hydrogen) atoms. The normalized spacial score (nSPS) is 11.9. The predicted molar refractivity (Wildman–Crippen MR) is 178 cm³/mol. The van der Waals surface area contributed by atoms with Crippen molar-refractivity contribution in [3.05, 3.63) is 168 Å². The van der Waals surface area contributed by atoms with Crippen molar-refractivity contribution in [3.8, 4) is 16.9 Å². The molecule has 0 spiro atoms. The van der Waals surface area contributed by atoms with Gasteiger partial charge >= 0.3 is 0 Å². The minimum atomic E-state index is 0.415. The van der Waals surface area contributed by atoms with E-state index in [4.69, 9.17) is 26.2 Å². The fourth-order valence-electron chi connectivity index (χ4n) is 5.03. The van der Waals surface area contributed by atoms with E-state index in [2.05, 4.69) is 72.8 Å². The maximum atomic E-state index is 6.56. The lowest BCUT2D eigenvalue weighted by Crippen LogP contribution is -2.16. The van der Waals surface area contributed by atoms with E-state index < -0.39 is 0 Å². The highest BCUT2D eigenvalue weighted by atomic mass is 16.5. The molecule has 0 fully saturated rings. The van der Waals surface area contributed by atoms with E-state index in [0.29, 0.717) is 36.3 Å². The Kier molecular flexibility index (Phi) is 8.23. The third-order valence-electron chi connectivity index (χ3n) is 7.28. The van der Waals surface area contributed by atoms with Crippen LogP contribution in [0.25, 0.3) is 21.9 Å². The molecule has 6 aromatic carbocycles. The Morgan fingerprint density at radius 1 is 0.628 bits per heavy atom. The number of nitrogens with two attached hydrogens (primary N) is 2. The van der Waals surface area contributed by atoms with Crippen molar-refractivity contribution in [1.82, 2.24) is 0 Å². The summed E-state index contributed by atoms with van der Waals surface area (Å²) in [5.41, 5.74) is 19.2. The molecule has 6 rings (SSSR count). The minimum absolute atomic E-state index is 0.415. The van der Waals surface area contributed by atoms with Gasteiger partial charge in [-0.15, -0.1) is 0 Å². The molecular formula is C38H32N4O. The molecule has 0 heterocycles. The highest BCUT2D eigenvalue weighted by molar-refractivity contribution is 6.16. The van der Waals surface area contributed by atoms with Crippen molar-refractivity contribution in [2.24, 2.45) is 15.7 Å². The number of anilines is 1. The summed E-state index contributed by atoms with van der Waals surface area (Å²) in [5.74, 6) is 1.67. The van der Waals surface area contributed by atoms with Crippen LogP contribution in [0.3, 0.4) is 0 Å². The number of hydrogen-bond acceptors (Lipinski definition) is 3. The molecule has 0 aliphatic carbocycles. The Morgan fingerprint density at radius 2 is 1.30 bits per heavy atom. The number of amidine groups is 2. The Bertz CT molecular complexity index is 1900. The minimum Gasteiger partial charge on any atom is -0.487 e. The van der Waals surface area contributed by atoms with Gasteiger partial charge in [0.1, 0.15) is 18.2 Å². The van der Waals surface area contributed by atoms with Crippen LogP contribution in [0.5, 0.6) is 5.75 Å². The molecule has 0 atom stereocenters. The molecule has 0 amide bonds. The average molecular weight is 561 g/mol. The molecule has 0 aliphatic heterocycles. The fraction of sp³-hybridized carbons (Fsp3) is 0.0526. The summed E-state index contributed by atoms with van der Waals surface area (Å²) in [6.07, 6.45) is 0. The van der Waals surface area contributed by atoms with Gasteiger partial charge in [-0.05, 0) is 45.7 Å². The first kappa shape index (κ1) is 27.5. The first-order valence-electron chi connectivity index (χ1n) is 14.2. The number of ether oxygens (including phenoxy) is 1. The van der Waals surface area contributed by atoms with Gasteiger partial charge in [-0.2, -0.15) is 0 Å². The number of benzene rings is 6. The van der Waals surface area contributed by atoms with E-state index in [1.165, 1.54) is 0 Å². The Morgan fingerprint density at radius 3 is 2.07 bits per heavy atom. The Hall–Kier alpha value is -5.68. The monoisotopic (exact) mass is 560 g/mol. The van der Waals surface area contributed by atoms with Crippen LogP contribution in [-0.4, -0.2) is 11.7 Å². The molecule has 0 aromatic heterocycles. The van der Waals surface area contributed by atoms with Gasteiger partial charge in [0, 0.05) is 16.7 Å². The van der Waals surface area contributed by atoms with Crippen molar-refractivity contribution in [3.63, 3.8) is 0 Å². The first-order valence-corrected chi connectivity index (χ1v) is 14.2. The Labute approximate surface area is 251 Å². The smallest absolute Gasteiger partial charge is 0.157 e.